The average Bonchev–Trinajstić information content (AvgIpc) is 2.49. The first-order valence-electron chi connectivity index (χ1n) is 7.74. The van der Waals surface area contributed by atoms with Crippen molar-refractivity contribution in [2.45, 2.75) is 56.8 Å². The third-order valence-electron chi connectivity index (χ3n) is 4.80. The van der Waals surface area contributed by atoms with Gasteiger partial charge in [-0.2, -0.15) is 0 Å². The molecule has 1 nitrogen and oxygen atoms in total. The van der Waals surface area contributed by atoms with E-state index < -0.39 is 0 Å². The maximum Gasteiger partial charge on any atom is -0.00431 e. The summed E-state index contributed by atoms with van der Waals surface area (Å²) in [4.78, 5) is 0. The normalized spacial score (nSPS) is 23.1. The van der Waals surface area contributed by atoms with Gasteiger partial charge in [0.1, 0.15) is 0 Å². The molecule has 0 atom stereocenters. The number of hydrogen-bond donors (Lipinski definition) is 1. The van der Waals surface area contributed by atoms with Gasteiger partial charge >= 0.3 is 0 Å². The van der Waals surface area contributed by atoms with E-state index in [1.54, 1.807) is 11.1 Å². The van der Waals surface area contributed by atoms with Crippen LogP contribution in [0.3, 0.4) is 0 Å². The van der Waals surface area contributed by atoms with E-state index in [-0.39, 0.29) is 0 Å². The van der Waals surface area contributed by atoms with Crippen LogP contribution in [0.15, 0.2) is 24.3 Å². The Morgan fingerprint density at radius 2 is 1.39 bits per heavy atom. The third kappa shape index (κ3) is 2.77. The predicted octanol–water partition coefficient (Wildman–Crippen LogP) is 4.20. The second kappa shape index (κ2) is 5.88. The zero-order valence-corrected chi connectivity index (χ0v) is 11.3. The highest BCUT2D eigenvalue weighted by Crippen LogP contribution is 2.34. The molecule has 0 amide bonds. The maximum absolute atomic E-state index is 3.46. The van der Waals surface area contributed by atoms with Gasteiger partial charge in [0.15, 0.2) is 0 Å². The molecule has 0 aromatic heterocycles. The van der Waals surface area contributed by atoms with Crippen molar-refractivity contribution in [3.8, 4) is 0 Å². The first-order valence-corrected chi connectivity index (χ1v) is 7.74. The van der Waals surface area contributed by atoms with Crippen LogP contribution >= 0.6 is 0 Å². The Labute approximate surface area is 111 Å². The minimum Gasteiger partial charge on any atom is -0.317 e. The molecule has 1 aromatic rings. The van der Waals surface area contributed by atoms with Gasteiger partial charge in [0, 0.05) is 0 Å². The molecular weight excluding hydrogens is 218 g/mol. The molecular formula is C17H25N. The summed E-state index contributed by atoms with van der Waals surface area (Å²) in [7, 11) is 0. The van der Waals surface area contributed by atoms with Gasteiger partial charge in [-0.05, 0) is 61.7 Å². The Morgan fingerprint density at radius 3 is 2.06 bits per heavy atom. The van der Waals surface area contributed by atoms with Gasteiger partial charge in [-0.3, -0.25) is 0 Å². The van der Waals surface area contributed by atoms with Crippen molar-refractivity contribution in [2.24, 2.45) is 0 Å². The highest BCUT2D eigenvalue weighted by molar-refractivity contribution is 5.29. The summed E-state index contributed by atoms with van der Waals surface area (Å²) in [6.45, 7) is 2.39. The average molecular weight is 243 g/mol. The summed E-state index contributed by atoms with van der Waals surface area (Å²) in [6, 6.07) is 9.52. The van der Waals surface area contributed by atoms with Gasteiger partial charge in [-0.15, -0.1) is 0 Å². The number of rotatable bonds is 2. The lowest BCUT2D eigenvalue weighted by Crippen LogP contribution is -2.26. The highest BCUT2D eigenvalue weighted by Gasteiger charge is 2.18. The standard InChI is InChI=1S/C17H25N/c1-2-5-14(6-3-1)16-7-4-8-17(13-16)15-9-11-18-12-10-15/h4,7-8,13-15,18H,1-3,5-6,9-12H2. The van der Waals surface area contributed by atoms with Crippen LogP contribution < -0.4 is 5.32 Å². The van der Waals surface area contributed by atoms with Crippen LogP contribution in [0, 0.1) is 0 Å². The molecule has 1 aliphatic heterocycles. The molecule has 1 saturated carbocycles. The van der Waals surface area contributed by atoms with E-state index in [2.05, 4.69) is 29.6 Å². The molecule has 18 heavy (non-hydrogen) atoms. The van der Waals surface area contributed by atoms with E-state index in [1.807, 2.05) is 0 Å². The van der Waals surface area contributed by atoms with E-state index in [0.29, 0.717) is 0 Å². The fourth-order valence-electron chi connectivity index (χ4n) is 3.66. The van der Waals surface area contributed by atoms with Crippen LogP contribution in [0.25, 0.3) is 0 Å². The molecule has 2 fully saturated rings. The van der Waals surface area contributed by atoms with Crippen molar-refractivity contribution < 1.29 is 0 Å². The lowest BCUT2D eigenvalue weighted by atomic mass is 9.81. The maximum atomic E-state index is 3.46. The first kappa shape index (κ1) is 12.2. The Balaban J connectivity index is 1.75. The van der Waals surface area contributed by atoms with Crippen LogP contribution in [0.4, 0.5) is 0 Å². The molecule has 98 valence electrons. The van der Waals surface area contributed by atoms with Crippen LogP contribution in [-0.4, -0.2) is 13.1 Å². The van der Waals surface area contributed by atoms with E-state index >= 15 is 0 Å². The summed E-state index contributed by atoms with van der Waals surface area (Å²) in [5.74, 6) is 1.65. The van der Waals surface area contributed by atoms with Crippen molar-refractivity contribution in [3.63, 3.8) is 0 Å². The third-order valence-corrected chi connectivity index (χ3v) is 4.80. The van der Waals surface area contributed by atoms with E-state index in [4.69, 9.17) is 0 Å². The van der Waals surface area contributed by atoms with Crippen LogP contribution in [-0.2, 0) is 0 Å². The summed E-state index contributed by atoms with van der Waals surface area (Å²) in [5, 5.41) is 3.46. The first-order chi connectivity index (χ1) is 8.93. The molecule has 0 unspecified atom stereocenters. The van der Waals surface area contributed by atoms with E-state index in [9.17, 15) is 0 Å². The lowest BCUT2D eigenvalue weighted by molar-refractivity contribution is 0.440. The molecule has 1 saturated heterocycles. The Kier molecular flexibility index (Phi) is 3.99. The van der Waals surface area contributed by atoms with Gasteiger partial charge in [0.25, 0.3) is 0 Å². The zero-order chi connectivity index (χ0) is 12.2. The van der Waals surface area contributed by atoms with Crippen molar-refractivity contribution >= 4 is 0 Å². The number of benzene rings is 1. The molecule has 2 aliphatic rings. The minimum atomic E-state index is 0.801. The summed E-state index contributed by atoms with van der Waals surface area (Å²) < 4.78 is 0. The zero-order valence-electron chi connectivity index (χ0n) is 11.3. The Hall–Kier alpha value is -0.820. The quantitative estimate of drug-likeness (QED) is 0.821. The topological polar surface area (TPSA) is 12.0 Å². The van der Waals surface area contributed by atoms with Crippen LogP contribution in [0.5, 0.6) is 0 Å². The molecule has 1 heterocycles. The largest absolute Gasteiger partial charge is 0.317 e. The Morgan fingerprint density at radius 1 is 0.778 bits per heavy atom. The van der Waals surface area contributed by atoms with Gasteiger partial charge < -0.3 is 5.32 Å². The summed E-state index contributed by atoms with van der Waals surface area (Å²) >= 11 is 0. The fourth-order valence-corrected chi connectivity index (χ4v) is 3.66. The van der Waals surface area contributed by atoms with Crippen molar-refractivity contribution in [2.75, 3.05) is 13.1 Å². The van der Waals surface area contributed by atoms with E-state index in [0.717, 1.165) is 11.8 Å². The van der Waals surface area contributed by atoms with Crippen molar-refractivity contribution in [3.05, 3.63) is 35.4 Å². The summed E-state index contributed by atoms with van der Waals surface area (Å²) in [5.41, 5.74) is 3.21. The second-order valence-corrected chi connectivity index (χ2v) is 6.03. The molecule has 1 aliphatic carbocycles. The molecule has 0 spiro atoms. The van der Waals surface area contributed by atoms with Crippen LogP contribution in [0.2, 0.25) is 0 Å². The summed E-state index contributed by atoms with van der Waals surface area (Å²) in [6.07, 6.45) is 9.77. The number of piperidine rings is 1. The van der Waals surface area contributed by atoms with E-state index in [1.165, 1.54) is 58.0 Å². The second-order valence-electron chi connectivity index (χ2n) is 6.03. The van der Waals surface area contributed by atoms with Gasteiger partial charge in [-0.1, -0.05) is 43.5 Å². The van der Waals surface area contributed by atoms with Gasteiger partial charge in [-0.25, -0.2) is 0 Å². The smallest absolute Gasteiger partial charge is 0.00431 e. The fraction of sp³-hybridized carbons (Fsp3) is 0.647. The Bertz CT molecular complexity index is 340. The molecule has 0 radical (unpaired) electrons. The number of nitrogens with one attached hydrogen (secondary N) is 1. The SMILES string of the molecule is c1cc(C2CCCCC2)cc(C2CCNCC2)c1. The molecule has 1 N–H and O–H groups in total. The molecule has 1 heteroatoms. The van der Waals surface area contributed by atoms with Crippen molar-refractivity contribution in [1.29, 1.82) is 0 Å². The van der Waals surface area contributed by atoms with Gasteiger partial charge in [0.05, 0.1) is 0 Å². The molecule has 1 aromatic carbocycles. The highest BCUT2D eigenvalue weighted by atomic mass is 14.9. The minimum absolute atomic E-state index is 0.801. The van der Waals surface area contributed by atoms with Crippen molar-refractivity contribution in [1.82, 2.24) is 5.32 Å². The lowest BCUT2D eigenvalue weighted by Gasteiger charge is -2.26. The van der Waals surface area contributed by atoms with Gasteiger partial charge in [0.2, 0.25) is 0 Å². The van der Waals surface area contributed by atoms with Crippen LogP contribution in [0.1, 0.15) is 67.9 Å². The predicted molar refractivity (Wildman–Crippen MR) is 77.1 cm³/mol. The molecule has 3 rings (SSSR count). The molecule has 0 bridgehead atoms. The number of hydrogen-bond acceptors (Lipinski definition) is 1. The monoisotopic (exact) mass is 243 g/mol.